The number of nitrogens with zero attached hydrogens (tertiary/aromatic N) is 1. The van der Waals surface area contributed by atoms with Crippen molar-refractivity contribution in [3.63, 3.8) is 0 Å². The average Bonchev–Trinajstić information content (AvgIpc) is 2.60. The first-order chi connectivity index (χ1) is 11.7. The minimum atomic E-state index is 0.0195. The summed E-state index contributed by atoms with van der Waals surface area (Å²) in [5, 5.41) is 0. The lowest BCUT2D eigenvalue weighted by atomic mass is 9.67. The van der Waals surface area contributed by atoms with Gasteiger partial charge in [-0.2, -0.15) is 0 Å². The Bertz CT molecular complexity index is 653. The number of fused-ring (bicyclic) bond motifs is 3. The second-order valence-electron chi connectivity index (χ2n) is 7.48. The van der Waals surface area contributed by atoms with E-state index in [0.29, 0.717) is 5.78 Å². The molecule has 2 bridgehead atoms. The van der Waals surface area contributed by atoms with Crippen molar-refractivity contribution < 1.29 is 14.3 Å². The van der Waals surface area contributed by atoms with Crippen LogP contribution in [0.2, 0.25) is 0 Å². The van der Waals surface area contributed by atoms with Crippen molar-refractivity contribution in [3.05, 3.63) is 23.8 Å². The van der Waals surface area contributed by atoms with Gasteiger partial charge in [-0.3, -0.25) is 9.59 Å². The molecule has 4 nitrogen and oxygen atoms in total. The molecule has 1 amide bonds. The highest BCUT2D eigenvalue weighted by Crippen LogP contribution is 2.42. The molecule has 0 saturated heterocycles. The maximum Gasteiger partial charge on any atom is 0.230 e. The SMILES string of the molecule is COc1ccc2c(c1)CCCN2C(=O)C1C[C@H]2CCC[C@@H](C1)C2=O. The third kappa shape index (κ3) is 2.62. The molecule has 1 heterocycles. The van der Waals surface area contributed by atoms with Crippen molar-refractivity contribution in [2.24, 2.45) is 17.8 Å². The second kappa shape index (κ2) is 6.23. The van der Waals surface area contributed by atoms with Crippen LogP contribution in [-0.4, -0.2) is 25.3 Å². The maximum atomic E-state index is 13.2. The smallest absolute Gasteiger partial charge is 0.230 e. The lowest BCUT2D eigenvalue weighted by Gasteiger charge is -2.40. The quantitative estimate of drug-likeness (QED) is 0.837. The number of aryl methyl sites for hydroxylation is 1. The minimum Gasteiger partial charge on any atom is -0.497 e. The van der Waals surface area contributed by atoms with E-state index < -0.39 is 0 Å². The first kappa shape index (κ1) is 15.7. The third-order valence-electron chi connectivity index (χ3n) is 6.07. The molecule has 2 aliphatic carbocycles. The van der Waals surface area contributed by atoms with E-state index in [1.807, 2.05) is 23.1 Å². The molecule has 24 heavy (non-hydrogen) atoms. The highest BCUT2D eigenvalue weighted by atomic mass is 16.5. The number of carbonyl (C=O) groups is 2. The fourth-order valence-corrected chi connectivity index (χ4v) is 4.83. The zero-order chi connectivity index (χ0) is 16.7. The van der Waals surface area contributed by atoms with Gasteiger partial charge in [0.2, 0.25) is 5.91 Å². The molecule has 0 radical (unpaired) electrons. The van der Waals surface area contributed by atoms with Crippen molar-refractivity contribution in [2.45, 2.75) is 44.9 Å². The molecule has 4 heteroatoms. The van der Waals surface area contributed by atoms with Gasteiger partial charge in [-0.15, -0.1) is 0 Å². The van der Waals surface area contributed by atoms with Gasteiger partial charge in [-0.1, -0.05) is 6.42 Å². The summed E-state index contributed by atoms with van der Waals surface area (Å²) in [6, 6.07) is 6.00. The standard InChI is InChI=1S/C20H25NO3/c1-24-17-7-8-18-13(12-17)6-3-9-21(18)20(23)16-10-14-4-2-5-15(11-16)19(14)22/h7-8,12,14-16H,2-6,9-11H2,1H3/t14-,15+,16?. The zero-order valence-corrected chi connectivity index (χ0v) is 14.3. The molecule has 1 aromatic rings. The molecular formula is C20H25NO3. The summed E-state index contributed by atoms with van der Waals surface area (Å²) < 4.78 is 5.31. The number of hydrogen-bond donors (Lipinski definition) is 0. The van der Waals surface area contributed by atoms with Crippen molar-refractivity contribution >= 4 is 17.4 Å². The van der Waals surface area contributed by atoms with Crippen LogP contribution in [0.3, 0.4) is 0 Å². The molecule has 1 unspecified atom stereocenters. The predicted molar refractivity (Wildman–Crippen MR) is 92.2 cm³/mol. The van der Waals surface area contributed by atoms with Crippen LogP contribution in [0, 0.1) is 17.8 Å². The molecule has 2 fully saturated rings. The van der Waals surface area contributed by atoms with Gasteiger partial charge >= 0.3 is 0 Å². The third-order valence-corrected chi connectivity index (χ3v) is 6.07. The van der Waals surface area contributed by atoms with Crippen LogP contribution in [0.4, 0.5) is 5.69 Å². The summed E-state index contributed by atoms with van der Waals surface area (Å²) in [6.07, 6.45) is 6.61. The Morgan fingerprint density at radius 2 is 1.92 bits per heavy atom. The normalized spacial score (nSPS) is 29.1. The van der Waals surface area contributed by atoms with E-state index in [2.05, 4.69) is 0 Å². The van der Waals surface area contributed by atoms with Crippen molar-refractivity contribution in [1.29, 1.82) is 0 Å². The highest BCUT2D eigenvalue weighted by molar-refractivity contribution is 5.98. The first-order valence-corrected chi connectivity index (χ1v) is 9.19. The van der Waals surface area contributed by atoms with Crippen LogP contribution in [0.15, 0.2) is 18.2 Å². The number of amides is 1. The fourth-order valence-electron chi connectivity index (χ4n) is 4.83. The van der Waals surface area contributed by atoms with Gasteiger partial charge in [-0.25, -0.2) is 0 Å². The summed E-state index contributed by atoms with van der Waals surface area (Å²) in [6.45, 7) is 0.790. The molecule has 3 atom stereocenters. The van der Waals surface area contributed by atoms with E-state index in [4.69, 9.17) is 4.74 Å². The van der Waals surface area contributed by atoms with Gasteiger partial charge in [0.15, 0.2) is 0 Å². The first-order valence-electron chi connectivity index (χ1n) is 9.19. The van der Waals surface area contributed by atoms with Crippen LogP contribution < -0.4 is 9.64 Å². The monoisotopic (exact) mass is 327 g/mol. The largest absolute Gasteiger partial charge is 0.497 e. The van der Waals surface area contributed by atoms with Gasteiger partial charge in [0.1, 0.15) is 11.5 Å². The number of hydrogen-bond acceptors (Lipinski definition) is 3. The summed E-state index contributed by atoms with van der Waals surface area (Å²) in [5.74, 6) is 1.78. The van der Waals surface area contributed by atoms with E-state index >= 15 is 0 Å². The minimum absolute atomic E-state index is 0.0195. The van der Waals surface area contributed by atoms with E-state index in [-0.39, 0.29) is 23.7 Å². The second-order valence-corrected chi connectivity index (χ2v) is 7.48. The Morgan fingerprint density at radius 3 is 2.62 bits per heavy atom. The summed E-state index contributed by atoms with van der Waals surface area (Å²) in [4.78, 5) is 27.4. The summed E-state index contributed by atoms with van der Waals surface area (Å²) in [7, 11) is 1.67. The molecule has 128 valence electrons. The molecule has 1 aliphatic heterocycles. The predicted octanol–water partition coefficient (Wildman–Crippen LogP) is 3.37. The Morgan fingerprint density at radius 1 is 1.17 bits per heavy atom. The lowest BCUT2D eigenvalue weighted by Crippen LogP contribution is -2.45. The number of ether oxygens (including phenoxy) is 1. The van der Waals surface area contributed by atoms with E-state index in [1.54, 1.807) is 7.11 Å². The van der Waals surface area contributed by atoms with Crippen LogP contribution in [0.5, 0.6) is 5.75 Å². The molecule has 1 aromatic carbocycles. The lowest BCUT2D eigenvalue weighted by molar-refractivity contribution is -0.136. The summed E-state index contributed by atoms with van der Waals surface area (Å²) in [5.41, 5.74) is 2.23. The molecule has 3 aliphatic rings. The number of ketones is 1. The van der Waals surface area contributed by atoms with Gasteiger partial charge in [-0.05, 0) is 62.3 Å². The van der Waals surface area contributed by atoms with E-state index in [9.17, 15) is 9.59 Å². The fraction of sp³-hybridized carbons (Fsp3) is 0.600. The number of carbonyl (C=O) groups excluding carboxylic acids is 2. The van der Waals surface area contributed by atoms with Crippen LogP contribution in [0.25, 0.3) is 0 Å². The Balaban J connectivity index is 1.57. The Hall–Kier alpha value is -1.84. The van der Waals surface area contributed by atoms with Crippen LogP contribution in [-0.2, 0) is 16.0 Å². The van der Waals surface area contributed by atoms with Crippen LogP contribution in [0.1, 0.15) is 44.1 Å². The van der Waals surface area contributed by atoms with E-state index in [1.165, 1.54) is 5.56 Å². The van der Waals surface area contributed by atoms with Crippen molar-refractivity contribution in [3.8, 4) is 5.75 Å². The molecule has 0 aromatic heterocycles. The molecule has 4 rings (SSSR count). The van der Waals surface area contributed by atoms with Crippen molar-refractivity contribution in [1.82, 2.24) is 0 Å². The maximum absolute atomic E-state index is 13.2. The Labute approximate surface area is 143 Å². The molecular weight excluding hydrogens is 302 g/mol. The number of methoxy groups -OCH3 is 1. The Kier molecular flexibility index (Phi) is 4.07. The molecule has 0 N–H and O–H groups in total. The van der Waals surface area contributed by atoms with Gasteiger partial charge < -0.3 is 9.64 Å². The number of Topliss-reactive ketones (excluding diaryl/α,β-unsaturated/α-hetero) is 1. The van der Waals surface area contributed by atoms with E-state index in [0.717, 1.165) is 62.9 Å². The van der Waals surface area contributed by atoms with Crippen molar-refractivity contribution in [2.75, 3.05) is 18.6 Å². The highest BCUT2D eigenvalue weighted by Gasteiger charge is 2.42. The number of benzene rings is 1. The topological polar surface area (TPSA) is 46.6 Å². The average molecular weight is 327 g/mol. The number of anilines is 1. The molecule has 0 spiro atoms. The van der Waals surface area contributed by atoms with Gasteiger partial charge in [0, 0.05) is 30.0 Å². The van der Waals surface area contributed by atoms with Crippen LogP contribution >= 0.6 is 0 Å². The molecule has 2 saturated carbocycles. The number of rotatable bonds is 2. The van der Waals surface area contributed by atoms with Gasteiger partial charge in [0.05, 0.1) is 7.11 Å². The van der Waals surface area contributed by atoms with Gasteiger partial charge in [0.25, 0.3) is 0 Å². The zero-order valence-electron chi connectivity index (χ0n) is 14.3. The summed E-state index contributed by atoms with van der Waals surface area (Å²) >= 11 is 0.